The molecule has 2 amide bonds. The molecule has 3 atom stereocenters. The van der Waals surface area contributed by atoms with Crippen LogP contribution in [0.5, 0.6) is 0 Å². The van der Waals surface area contributed by atoms with Gasteiger partial charge in [0.1, 0.15) is 5.82 Å². The van der Waals surface area contributed by atoms with Crippen LogP contribution in [0.3, 0.4) is 0 Å². The molecule has 5 rings (SSSR count). The maximum absolute atomic E-state index is 14.1. The molecule has 1 aromatic heterocycles. The Kier molecular flexibility index (Phi) is 8.46. The number of hydrogen-bond donors (Lipinski definition) is 1. The van der Waals surface area contributed by atoms with Crippen molar-refractivity contribution < 1.29 is 23.8 Å². The minimum atomic E-state index is -0.946. The predicted octanol–water partition coefficient (Wildman–Crippen LogP) is 2.51. The highest BCUT2D eigenvalue weighted by Crippen LogP contribution is 2.40. The van der Waals surface area contributed by atoms with Crippen molar-refractivity contribution in [3.63, 3.8) is 0 Å². The molecule has 0 unspecified atom stereocenters. The Bertz CT molecular complexity index is 1390. The van der Waals surface area contributed by atoms with Crippen LogP contribution in [0.25, 0.3) is 0 Å². The zero-order chi connectivity index (χ0) is 30.3. The summed E-state index contributed by atoms with van der Waals surface area (Å²) in [7, 11) is 1.75. The number of aromatic nitrogens is 1. The van der Waals surface area contributed by atoms with Gasteiger partial charge in [-0.15, -0.1) is 0 Å². The number of hydrogen-bond acceptors (Lipinski definition) is 6. The number of halogens is 1. The van der Waals surface area contributed by atoms with Crippen LogP contribution in [0.2, 0.25) is 0 Å². The van der Waals surface area contributed by atoms with Gasteiger partial charge in [0.15, 0.2) is 0 Å². The molecule has 3 aliphatic heterocycles. The number of fused-ring (bicyclic) bond motifs is 1. The lowest BCUT2D eigenvalue weighted by molar-refractivity contribution is -0.121. The first-order valence-electron chi connectivity index (χ1n) is 14.7. The maximum Gasteiger partial charge on any atom is 0.407 e. The van der Waals surface area contributed by atoms with Crippen LogP contribution in [0, 0.1) is 5.82 Å². The van der Waals surface area contributed by atoms with Crippen LogP contribution in [0.4, 0.5) is 14.9 Å². The van der Waals surface area contributed by atoms with Gasteiger partial charge >= 0.3 is 6.09 Å². The molecule has 10 nitrogen and oxygen atoms in total. The number of pyridine rings is 1. The lowest BCUT2D eigenvalue weighted by atomic mass is 9.90. The molecule has 1 aromatic carbocycles. The number of ether oxygens (including phenoxy) is 1. The van der Waals surface area contributed by atoms with E-state index in [2.05, 4.69) is 16.7 Å². The van der Waals surface area contributed by atoms with Crippen molar-refractivity contribution in [3.05, 3.63) is 63.3 Å². The molecule has 42 heavy (non-hydrogen) atoms. The molecule has 0 radical (unpaired) electrons. The smallest absolute Gasteiger partial charge is 0.407 e. The van der Waals surface area contributed by atoms with Gasteiger partial charge in [0.25, 0.3) is 5.56 Å². The molecule has 228 valence electrons. The predicted molar refractivity (Wildman–Crippen MR) is 158 cm³/mol. The maximum atomic E-state index is 14.1. The molecule has 0 spiro atoms. The van der Waals surface area contributed by atoms with E-state index in [0.717, 1.165) is 23.5 Å². The molecule has 3 aliphatic rings. The fourth-order valence-corrected chi connectivity index (χ4v) is 6.82. The summed E-state index contributed by atoms with van der Waals surface area (Å²) < 4.78 is 20.7. The van der Waals surface area contributed by atoms with E-state index in [1.165, 1.54) is 17.0 Å². The van der Waals surface area contributed by atoms with Crippen LogP contribution in [-0.4, -0.2) is 107 Å². The highest BCUT2D eigenvalue weighted by Gasteiger charge is 2.43. The Hall–Kier alpha value is -3.28. The van der Waals surface area contributed by atoms with E-state index in [-0.39, 0.29) is 42.0 Å². The molecule has 4 heterocycles. The van der Waals surface area contributed by atoms with Crippen LogP contribution in [0.15, 0.2) is 35.1 Å². The van der Waals surface area contributed by atoms with Crippen molar-refractivity contribution in [1.29, 1.82) is 0 Å². The quantitative estimate of drug-likeness (QED) is 0.558. The molecule has 11 heteroatoms. The van der Waals surface area contributed by atoms with Gasteiger partial charge in [-0.05, 0) is 37.6 Å². The van der Waals surface area contributed by atoms with E-state index in [1.807, 2.05) is 26.8 Å². The number of morpholine rings is 1. The Labute approximate surface area is 246 Å². The Morgan fingerprint density at radius 3 is 2.48 bits per heavy atom. The zero-order valence-corrected chi connectivity index (χ0v) is 25.2. The summed E-state index contributed by atoms with van der Waals surface area (Å²) in [6, 6.07) is 7.73. The molecular formula is C31H42FN5O5. The summed E-state index contributed by atoms with van der Waals surface area (Å²) in [6.07, 6.45) is -0.615. The monoisotopic (exact) mass is 583 g/mol. The van der Waals surface area contributed by atoms with Crippen molar-refractivity contribution in [3.8, 4) is 0 Å². The van der Waals surface area contributed by atoms with Gasteiger partial charge in [0, 0.05) is 75.3 Å². The molecule has 0 bridgehead atoms. The summed E-state index contributed by atoms with van der Waals surface area (Å²) >= 11 is 0. The van der Waals surface area contributed by atoms with Crippen molar-refractivity contribution in [2.24, 2.45) is 7.05 Å². The largest absolute Gasteiger partial charge is 0.465 e. The van der Waals surface area contributed by atoms with Crippen LogP contribution >= 0.6 is 0 Å². The average molecular weight is 584 g/mol. The molecular weight excluding hydrogens is 541 g/mol. The number of benzene rings is 1. The van der Waals surface area contributed by atoms with E-state index >= 15 is 0 Å². The standard InChI is InChI=1S/C31H42FN5O5/c1-20-14-35(25(16-36(20)30(40)41)15-34-10-11-42-18-21(34)2)17-27(38)37-19-31(3,4)28-26(37)13-23(29(39)33(28)5)12-22-6-8-24(32)9-7-22/h6-9,13,20-21,25H,10-12,14-19H2,1-5H3,(H,40,41)/t20-,21-,25+/m1/s1. The summed E-state index contributed by atoms with van der Waals surface area (Å²) in [5, 5.41) is 9.84. The minimum absolute atomic E-state index is 0.0794. The van der Waals surface area contributed by atoms with Crippen molar-refractivity contribution in [2.45, 2.75) is 57.7 Å². The Morgan fingerprint density at radius 2 is 1.81 bits per heavy atom. The molecule has 0 aliphatic carbocycles. The van der Waals surface area contributed by atoms with E-state index in [1.54, 1.807) is 28.6 Å². The molecule has 2 aromatic rings. The second-order valence-electron chi connectivity index (χ2n) is 12.7. The number of anilines is 1. The number of rotatable bonds is 6. The first-order chi connectivity index (χ1) is 19.9. The van der Waals surface area contributed by atoms with Crippen LogP contribution in [-0.2, 0) is 28.4 Å². The van der Waals surface area contributed by atoms with Gasteiger partial charge in [-0.2, -0.15) is 0 Å². The summed E-state index contributed by atoms with van der Waals surface area (Å²) in [6.45, 7) is 12.1. The fourth-order valence-electron chi connectivity index (χ4n) is 6.82. The summed E-state index contributed by atoms with van der Waals surface area (Å²) in [4.78, 5) is 47.2. The number of carboxylic acid groups (broad SMARTS) is 1. The van der Waals surface area contributed by atoms with Crippen molar-refractivity contribution >= 4 is 17.7 Å². The second kappa shape index (κ2) is 11.8. The molecule has 0 saturated carbocycles. The SMILES string of the molecule is C[C@@H]1COCCN1C[C@H]1CN(C(=O)O)[C@H](C)CN1CC(=O)N1CC(C)(C)c2c1cc(Cc1ccc(F)cc1)c(=O)n2C. The van der Waals surface area contributed by atoms with E-state index < -0.39 is 11.5 Å². The number of amides is 2. The molecule has 2 fully saturated rings. The van der Waals surface area contributed by atoms with E-state index in [0.29, 0.717) is 51.4 Å². The van der Waals surface area contributed by atoms with Gasteiger partial charge in [-0.3, -0.25) is 19.4 Å². The third-order valence-electron chi connectivity index (χ3n) is 9.05. The fraction of sp³-hybridized carbons (Fsp3) is 0.581. The third-order valence-corrected chi connectivity index (χ3v) is 9.05. The highest BCUT2D eigenvalue weighted by atomic mass is 19.1. The molecule has 2 saturated heterocycles. The second-order valence-corrected chi connectivity index (χ2v) is 12.7. The van der Waals surface area contributed by atoms with Crippen LogP contribution in [0.1, 0.15) is 44.5 Å². The normalized spacial score (nSPS) is 24.6. The van der Waals surface area contributed by atoms with Gasteiger partial charge in [-0.1, -0.05) is 26.0 Å². The van der Waals surface area contributed by atoms with E-state index in [9.17, 15) is 23.9 Å². The topological polar surface area (TPSA) is 98.6 Å². The first-order valence-corrected chi connectivity index (χ1v) is 14.7. The Balaban J connectivity index is 1.42. The summed E-state index contributed by atoms with van der Waals surface area (Å²) in [5.74, 6) is -0.414. The number of carbonyl (C=O) groups excluding carboxylic acids is 1. The van der Waals surface area contributed by atoms with Gasteiger partial charge < -0.3 is 24.2 Å². The van der Waals surface area contributed by atoms with Crippen molar-refractivity contribution in [1.82, 2.24) is 19.3 Å². The number of nitrogens with zero attached hydrogens (tertiary/aromatic N) is 5. The van der Waals surface area contributed by atoms with Crippen molar-refractivity contribution in [2.75, 3.05) is 57.4 Å². The van der Waals surface area contributed by atoms with Gasteiger partial charge in [0.05, 0.1) is 31.1 Å². The lowest BCUT2D eigenvalue weighted by Crippen LogP contribution is -2.64. The number of carbonyl (C=O) groups is 2. The summed E-state index contributed by atoms with van der Waals surface area (Å²) in [5.41, 5.74) is 2.32. The third kappa shape index (κ3) is 5.95. The zero-order valence-electron chi connectivity index (χ0n) is 25.2. The highest BCUT2D eigenvalue weighted by molar-refractivity contribution is 5.97. The lowest BCUT2D eigenvalue weighted by Gasteiger charge is -2.47. The molecule has 1 N–H and O–H groups in total. The first kappa shape index (κ1) is 30.2. The van der Waals surface area contributed by atoms with Gasteiger partial charge in [0.2, 0.25) is 5.91 Å². The average Bonchev–Trinajstić information content (AvgIpc) is 3.21. The minimum Gasteiger partial charge on any atom is -0.465 e. The van der Waals surface area contributed by atoms with Crippen LogP contribution < -0.4 is 10.5 Å². The van der Waals surface area contributed by atoms with E-state index in [4.69, 9.17) is 4.74 Å². The number of piperazine rings is 1. The van der Waals surface area contributed by atoms with Gasteiger partial charge in [-0.25, -0.2) is 9.18 Å². The Morgan fingerprint density at radius 1 is 1.10 bits per heavy atom.